The van der Waals surface area contributed by atoms with Gasteiger partial charge >= 0.3 is 0 Å². The van der Waals surface area contributed by atoms with Crippen molar-refractivity contribution in [3.05, 3.63) is 54.0 Å². The monoisotopic (exact) mass is 386 g/mol. The van der Waals surface area contributed by atoms with Crippen molar-refractivity contribution in [2.45, 2.75) is 45.1 Å². The first kappa shape index (κ1) is 17.9. The molecule has 1 saturated carbocycles. The third-order valence-electron chi connectivity index (χ3n) is 6.44. The first-order chi connectivity index (χ1) is 14.1. The SMILES string of the molecule is Cc1cc2ccc(N)nc2cc1CCC1CCC(n2ccc3c(N)ncnc32)C1. The lowest BCUT2D eigenvalue weighted by molar-refractivity contribution is 0.461. The average Bonchev–Trinajstić information content (AvgIpc) is 3.34. The second-order valence-corrected chi connectivity index (χ2v) is 8.30. The highest BCUT2D eigenvalue weighted by Crippen LogP contribution is 2.39. The van der Waals surface area contributed by atoms with Gasteiger partial charge in [-0.15, -0.1) is 0 Å². The van der Waals surface area contributed by atoms with Crippen molar-refractivity contribution in [1.82, 2.24) is 19.5 Å². The van der Waals surface area contributed by atoms with Crippen LogP contribution < -0.4 is 11.5 Å². The smallest absolute Gasteiger partial charge is 0.145 e. The molecule has 6 heteroatoms. The Hall–Kier alpha value is -3.15. The van der Waals surface area contributed by atoms with E-state index < -0.39 is 0 Å². The fourth-order valence-corrected chi connectivity index (χ4v) is 4.82. The summed E-state index contributed by atoms with van der Waals surface area (Å²) in [6.07, 6.45) is 9.58. The topological polar surface area (TPSA) is 95.6 Å². The lowest BCUT2D eigenvalue weighted by Gasteiger charge is -2.15. The first-order valence-electron chi connectivity index (χ1n) is 10.3. The number of benzene rings is 1. The predicted octanol–water partition coefficient (Wildman–Crippen LogP) is 4.43. The van der Waals surface area contributed by atoms with Crippen molar-refractivity contribution in [3.63, 3.8) is 0 Å². The number of nitrogens with zero attached hydrogens (tertiary/aromatic N) is 4. The number of pyridine rings is 1. The molecule has 1 aliphatic rings. The summed E-state index contributed by atoms with van der Waals surface area (Å²) in [5, 5.41) is 2.11. The molecule has 0 spiro atoms. The van der Waals surface area contributed by atoms with Crippen LogP contribution in [-0.4, -0.2) is 19.5 Å². The van der Waals surface area contributed by atoms with Crippen molar-refractivity contribution >= 4 is 33.6 Å². The molecule has 2 unspecified atom stereocenters. The lowest BCUT2D eigenvalue weighted by Crippen LogP contribution is -2.06. The van der Waals surface area contributed by atoms with Crippen molar-refractivity contribution < 1.29 is 0 Å². The Morgan fingerprint density at radius 1 is 1.10 bits per heavy atom. The molecule has 6 nitrogen and oxygen atoms in total. The van der Waals surface area contributed by atoms with E-state index in [-0.39, 0.29) is 0 Å². The largest absolute Gasteiger partial charge is 0.384 e. The Morgan fingerprint density at radius 3 is 2.90 bits per heavy atom. The number of aromatic nitrogens is 4. The minimum atomic E-state index is 0.492. The van der Waals surface area contributed by atoms with Gasteiger partial charge in [-0.3, -0.25) is 0 Å². The zero-order valence-corrected chi connectivity index (χ0v) is 16.7. The molecule has 0 bridgehead atoms. The van der Waals surface area contributed by atoms with E-state index in [0.717, 1.165) is 34.3 Å². The lowest BCUT2D eigenvalue weighted by atomic mass is 9.94. The van der Waals surface area contributed by atoms with Crippen LogP contribution in [0, 0.1) is 12.8 Å². The van der Waals surface area contributed by atoms with Gasteiger partial charge in [0, 0.05) is 17.6 Å². The Bertz CT molecular complexity index is 1190. The van der Waals surface area contributed by atoms with E-state index >= 15 is 0 Å². The predicted molar refractivity (Wildman–Crippen MR) is 118 cm³/mol. The van der Waals surface area contributed by atoms with E-state index in [4.69, 9.17) is 11.5 Å². The number of rotatable bonds is 4. The van der Waals surface area contributed by atoms with Gasteiger partial charge in [-0.05, 0) is 86.4 Å². The highest BCUT2D eigenvalue weighted by Gasteiger charge is 2.27. The highest BCUT2D eigenvalue weighted by atomic mass is 15.1. The Balaban J connectivity index is 1.30. The van der Waals surface area contributed by atoms with Crippen LogP contribution in [0.5, 0.6) is 0 Å². The van der Waals surface area contributed by atoms with E-state index in [1.165, 1.54) is 36.8 Å². The minimum absolute atomic E-state index is 0.492. The van der Waals surface area contributed by atoms with Gasteiger partial charge in [-0.1, -0.05) is 0 Å². The summed E-state index contributed by atoms with van der Waals surface area (Å²) in [6.45, 7) is 2.19. The van der Waals surface area contributed by atoms with E-state index in [2.05, 4.69) is 44.8 Å². The second kappa shape index (κ2) is 7.03. The fraction of sp³-hybridized carbons (Fsp3) is 0.348. The molecular formula is C23H26N6. The quantitative estimate of drug-likeness (QED) is 0.541. The van der Waals surface area contributed by atoms with Gasteiger partial charge in [-0.2, -0.15) is 0 Å². The molecule has 0 radical (unpaired) electrons. The van der Waals surface area contributed by atoms with Gasteiger partial charge in [-0.25, -0.2) is 15.0 Å². The molecular weight excluding hydrogens is 360 g/mol. The third-order valence-corrected chi connectivity index (χ3v) is 6.44. The number of nitrogens with two attached hydrogens (primary N) is 2. The summed E-state index contributed by atoms with van der Waals surface area (Å²) in [4.78, 5) is 13.1. The van der Waals surface area contributed by atoms with Crippen molar-refractivity contribution in [3.8, 4) is 0 Å². The van der Waals surface area contributed by atoms with Crippen LogP contribution in [0.4, 0.5) is 11.6 Å². The van der Waals surface area contributed by atoms with Crippen LogP contribution >= 0.6 is 0 Å². The molecule has 0 saturated heterocycles. The number of hydrogen-bond acceptors (Lipinski definition) is 5. The normalized spacial score (nSPS) is 19.3. The molecule has 2 atom stereocenters. The molecule has 1 aromatic carbocycles. The molecule has 29 heavy (non-hydrogen) atoms. The molecule has 3 heterocycles. The Morgan fingerprint density at radius 2 is 2.00 bits per heavy atom. The number of fused-ring (bicyclic) bond motifs is 2. The number of aryl methyl sites for hydroxylation is 2. The van der Waals surface area contributed by atoms with Crippen LogP contribution in [0.15, 0.2) is 42.9 Å². The maximum atomic E-state index is 5.99. The van der Waals surface area contributed by atoms with E-state index in [1.807, 2.05) is 18.2 Å². The van der Waals surface area contributed by atoms with Crippen LogP contribution in [0.1, 0.15) is 42.9 Å². The van der Waals surface area contributed by atoms with Crippen molar-refractivity contribution in [1.29, 1.82) is 0 Å². The van der Waals surface area contributed by atoms with Gasteiger partial charge in [0.15, 0.2) is 0 Å². The van der Waals surface area contributed by atoms with Gasteiger partial charge < -0.3 is 16.0 Å². The first-order valence-corrected chi connectivity index (χ1v) is 10.3. The van der Waals surface area contributed by atoms with Gasteiger partial charge in [0.25, 0.3) is 0 Å². The Labute approximate surface area is 170 Å². The summed E-state index contributed by atoms with van der Waals surface area (Å²) in [6, 6.07) is 10.9. The molecule has 4 aromatic rings. The summed E-state index contributed by atoms with van der Waals surface area (Å²) in [5.74, 6) is 1.86. The molecule has 4 N–H and O–H groups in total. The van der Waals surface area contributed by atoms with Gasteiger partial charge in [0.2, 0.25) is 0 Å². The maximum Gasteiger partial charge on any atom is 0.145 e. The molecule has 148 valence electrons. The van der Waals surface area contributed by atoms with Crippen LogP contribution in [-0.2, 0) is 6.42 Å². The summed E-state index contributed by atoms with van der Waals surface area (Å²) in [5.41, 5.74) is 16.5. The van der Waals surface area contributed by atoms with Crippen LogP contribution in [0.2, 0.25) is 0 Å². The number of nitrogen functional groups attached to an aromatic ring is 2. The molecule has 0 amide bonds. The molecule has 5 rings (SSSR count). The van der Waals surface area contributed by atoms with Crippen molar-refractivity contribution in [2.75, 3.05) is 11.5 Å². The third kappa shape index (κ3) is 3.28. The number of anilines is 2. The fourth-order valence-electron chi connectivity index (χ4n) is 4.82. The Kier molecular flexibility index (Phi) is 4.34. The standard InChI is InChI=1S/C23H26N6/c1-14-10-17-5-7-21(24)28-20(17)12-16(14)4-2-15-3-6-18(11-15)29-9-8-19-22(25)26-13-27-23(19)29/h5,7-10,12-13,15,18H,2-4,6,11H2,1H3,(H2,24,28)(H2,25,26,27). The summed E-state index contributed by atoms with van der Waals surface area (Å²) < 4.78 is 2.29. The molecule has 1 aliphatic carbocycles. The van der Waals surface area contributed by atoms with Gasteiger partial charge in [0.1, 0.15) is 23.6 Å². The molecule has 3 aromatic heterocycles. The van der Waals surface area contributed by atoms with Crippen LogP contribution in [0.3, 0.4) is 0 Å². The van der Waals surface area contributed by atoms with E-state index in [0.29, 0.717) is 17.7 Å². The maximum absolute atomic E-state index is 5.99. The highest BCUT2D eigenvalue weighted by molar-refractivity contribution is 5.86. The van der Waals surface area contributed by atoms with E-state index in [9.17, 15) is 0 Å². The number of hydrogen-bond donors (Lipinski definition) is 2. The second-order valence-electron chi connectivity index (χ2n) is 8.30. The average molecular weight is 387 g/mol. The molecule has 1 fully saturated rings. The zero-order chi connectivity index (χ0) is 20.0. The minimum Gasteiger partial charge on any atom is -0.384 e. The molecule has 0 aliphatic heterocycles. The summed E-state index contributed by atoms with van der Waals surface area (Å²) in [7, 11) is 0. The van der Waals surface area contributed by atoms with Crippen LogP contribution in [0.25, 0.3) is 21.9 Å². The van der Waals surface area contributed by atoms with Gasteiger partial charge in [0.05, 0.1) is 10.9 Å². The van der Waals surface area contributed by atoms with E-state index in [1.54, 1.807) is 6.33 Å². The zero-order valence-electron chi connectivity index (χ0n) is 16.7. The summed E-state index contributed by atoms with van der Waals surface area (Å²) >= 11 is 0. The van der Waals surface area contributed by atoms with Crippen molar-refractivity contribution in [2.24, 2.45) is 5.92 Å².